The molecule has 36 heavy (non-hydrogen) atoms. The number of aromatic nitrogens is 1. The Kier molecular flexibility index (Phi) is 6.57. The zero-order valence-electron chi connectivity index (χ0n) is 19.9. The first kappa shape index (κ1) is 25.1. The lowest BCUT2D eigenvalue weighted by Gasteiger charge is -2.24. The van der Waals surface area contributed by atoms with Gasteiger partial charge in [-0.25, -0.2) is 18.3 Å². The molecule has 11 heteroatoms. The summed E-state index contributed by atoms with van der Waals surface area (Å²) in [7, 11) is -1.45. The van der Waals surface area contributed by atoms with E-state index in [2.05, 4.69) is 15.0 Å². The smallest absolute Gasteiger partial charge is 0.236 e. The van der Waals surface area contributed by atoms with Gasteiger partial charge in [0, 0.05) is 16.1 Å². The number of carbonyl (C=O) groups excluding carboxylic acids is 1. The molecule has 1 amide bonds. The molecule has 1 saturated carbocycles. The molecular weight excluding hydrogens is 525 g/mol. The number of carbonyl (C=O) groups is 1. The van der Waals surface area contributed by atoms with E-state index in [4.69, 9.17) is 21.1 Å². The number of hydrogen-bond donors (Lipinski definition) is 2. The zero-order valence-corrected chi connectivity index (χ0v) is 22.3. The van der Waals surface area contributed by atoms with Gasteiger partial charge >= 0.3 is 0 Å². The molecule has 0 unspecified atom stereocenters. The first-order valence-electron chi connectivity index (χ1n) is 11.4. The summed E-state index contributed by atoms with van der Waals surface area (Å²) in [5.74, 6) is 0.699. The van der Waals surface area contributed by atoms with Crippen LogP contribution in [-0.4, -0.2) is 26.6 Å². The summed E-state index contributed by atoms with van der Waals surface area (Å²) in [5, 5.41) is 3.56. The van der Waals surface area contributed by atoms with Crippen LogP contribution in [0.15, 0.2) is 42.6 Å². The molecular formula is C25H25ClFN3O4S2. The fraction of sp³-hybridized carbons (Fsp3) is 0.360. The number of fused-ring (bicyclic) bond motifs is 1. The van der Waals surface area contributed by atoms with Gasteiger partial charge in [0.2, 0.25) is 12.7 Å². The second-order valence-corrected chi connectivity index (χ2v) is 13.2. The van der Waals surface area contributed by atoms with Crippen molar-refractivity contribution in [1.82, 2.24) is 9.71 Å². The molecule has 1 fully saturated rings. The number of nitrogens with one attached hydrogen (secondary N) is 2. The predicted molar refractivity (Wildman–Crippen MR) is 139 cm³/mol. The molecule has 0 spiro atoms. The van der Waals surface area contributed by atoms with E-state index < -0.39 is 33.0 Å². The van der Waals surface area contributed by atoms with Gasteiger partial charge in [-0.15, -0.1) is 0 Å². The van der Waals surface area contributed by atoms with Crippen LogP contribution in [0.3, 0.4) is 0 Å². The van der Waals surface area contributed by atoms with Crippen molar-refractivity contribution < 1.29 is 22.9 Å². The Bertz CT molecular complexity index is 1350. The van der Waals surface area contributed by atoms with E-state index in [-0.39, 0.29) is 17.7 Å². The predicted octanol–water partition coefficient (Wildman–Crippen LogP) is 5.48. The van der Waals surface area contributed by atoms with E-state index in [1.807, 2.05) is 39.0 Å². The van der Waals surface area contributed by atoms with Crippen molar-refractivity contribution in [2.45, 2.75) is 49.8 Å². The van der Waals surface area contributed by atoms with Gasteiger partial charge in [-0.3, -0.25) is 4.79 Å². The number of anilines is 1. The Labute approximate surface area is 220 Å². The highest BCUT2D eigenvalue weighted by Crippen LogP contribution is 2.51. The molecule has 2 heterocycles. The second kappa shape index (κ2) is 9.41. The van der Waals surface area contributed by atoms with E-state index in [9.17, 15) is 13.4 Å². The summed E-state index contributed by atoms with van der Waals surface area (Å²) in [6.45, 7) is 5.72. The second-order valence-electron chi connectivity index (χ2n) is 9.77. The molecule has 2 atom stereocenters. The van der Waals surface area contributed by atoms with E-state index in [1.165, 1.54) is 23.5 Å². The third kappa shape index (κ3) is 4.87. The maximum absolute atomic E-state index is 13.7. The molecule has 1 aliphatic carbocycles. The fourth-order valence-corrected chi connectivity index (χ4v) is 6.01. The molecule has 3 aromatic rings. The summed E-state index contributed by atoms with van der Waals surface area (Å²) in [5.41, 5.74) is 0.800. The molecule has 1 aromatic heterocycles. The lowest BCUT2D eigenvalue weighted by Crippen LogP contribution is -2.36. The van der Waals surface area contributed by atoms with Crippen molar-refractivity contribution >= 4 is 45.0 Å². The Morgan fingerprint density at radius 3 is 2.64 bits per heavy atom. The van der Waals surface area contributed by atoms with Crippen LogP contribution in [-0.2, 0) is 21.2 Å². The Morgan fingerprint density at radius 1 is 1.19 bits per heavy atom. The highest BCUT2D eigenvalue weighted by Gasteiger charge is 2.52. The SMILES string of the molecule is CC(C)(C)[S@](=O)N[C@H](c1cnc(NC(=O)C2(c3ccc4c(c3)OCO4)CC2)s1)c1ccc(F)cc1Cl. The number of ether oxygens (including phenoxy) is 2. The monoisotopic (exact) mass is 549 g/mol. The number of halogens is 2. The molecule has 2 aliphatic rings. The van der Waals surface area contributed by atoms with Crippen LogP contribution in [0.2, 0.25) is 5.02 Å². The molecule has 0 bridgehead atoms. The van der Waals surface area contributed by atoms with E-state index in [0.717, 1.165) is 18.4 Å². The Balaban J connectivity index is 1.39. The van der Waals surface area contributed by atoms with Crippen molar-refractivity contribution in [3.8, 4) is 11.5 Å². The fourth-order valence-electron chi connectivity index (χ4n) is 3.95. The van der Waals surface area contributed by atoms with Gasteiger partial charge in [0.1, 0.15) is 5.82 Å². The summed E-state index contributed by atoms with van der Waals surface area (Å²) in [6.07, 6.45) is 3.05. The quantitative estimate of drug-likeness (QED) is 0.407. The molecule has 7 nitrogen and oxygen atoms in total. The minimum absolute atomic E-state index is 0.148. The lowest BCUT2D eigenvalue weighted by atomic mass is 9.94. The average molecular weight is 550 g/mol. The van der Waals surface area contributed by atoms with Crippen molar-refractivity contribution in [1.29, 1.82) is 0 Å². The van der Waals surface area contributed by atoms with Gasteiger partial charge in [0.15, 0.2) is 16.6 Å². The average Bonchev–Trinajstić information content (AvgIpc) is 3.28. The standard InChI is InChI=1S/C25H25ClFN3O4S2/c1-24(2,3)36(32)30-21(16-6-5-15(27)11-17(16)26)20-12-28-23(35-20)29-22(31)25(8-9-25)14-4-7-18-19(10-14)34-13-33-18/h4-7,10-12,21,30H,8-9,13H2,1-3H3,(H,28,29,31)/t21-,36-/m0/s1. The van der Waals surface area contributed by atoms with Gasteiger partial charge in [-0.2, -0.15) is 0 Å². The number of thiazole rings is 1. The number of nitrogens with zero attached hydrogens (tertiary/aromatic N) is 1. The topological polar surface area (TPSA) is 89.6 Å². The number of benzene rings is 2. The van der Waals surface area contributed by atoms with Crippen LogP contribution in [0, 0.1) is 5.82 Å². The molecule has 2 aromatic carbocycles. The van der Waals surface area contributed by atoms with Crippen LogP contribution in [0.1, 0.15) is 55.7 Å². The Hall–Kier alpha value is -2.53. The highest BCUT2D eigenvalue weighted by atomic mass is 35.5. The van der Waals surface area contributed by atoms with E-state index >= 15 is 0 Å². The van der Waals surface area contributed by atoms with Gasteiger partial charge in [-0.05, 0) is 69.0 Å². The van der Waals surface area contributed by atoms with Crippen LogP contribution < -0.4 is 19.5 Å². The number of hydrogen-bond acceptors (Lipinski definition) is 6. The minimum atomic E-state index is -1.45. The van der Waals surface area contributed by atoms with E-state index in [0.29, 0.717) is 27.1 Å². The van der Waals surface area contributed by atoms with Crippen molar-refractivity contribution in [3.05, 3.63) is 69.4 Å². The largest absolute Gasteiger partial charge is 0.454 e. The minimum Gasteiger partial charge on any atom is -0.454 e. The molecule has 2 N–H and O–H groups in total. The van der Waals surface area contributed by atoms with Crippen molar-refractivity contribution in [2.24, 2.45) is 0 Å². The number of rotatable bonds is 7. The Morgan fingerprint density at radius 2 is 1.94 bits per heavy atom. The third-order valence-corrected chi connectivity index (χ3v) is 9.06. The molecule has 0 radical (unpaired) electrons. The normalized spacial score (nSPS) is 17.5. The van der Waals surface area contributed by atoms with Crippen molar-refractivity contribution in [2.75, 3.05) is 12.1 Å². The molecule has 190 valence electrons. The van der Waals surface area contributed by atoms with E-state index in [1.54, 1.807) is 12.3 Å². The summed E-state index contributed by atoms with van der Waals surface area (Å²) in [4.78, 5) is 18.4. The van der Waals surface area contributed by atoms with Crippen LogP contribution in [0.25, 0.3) is 0 Å². The van der Waals surface area contributed by atoms with Crippen LogP contribution in [0.4, 0.5) is 9.52 Å². The summed E-state index contributed by atoms with van der Waals surface area (Å²) in [6, 6.07) is 9.06. The van der Waals surface area contributed by atoms with Crippen molar-refractivity contribution in [3.63, 3.8) is 0 Å². The van der Waals surface area contributed by atoms with Gasteiger partial charge in [0.05, 0.1) is 27.2 Å². The summed E-state index contributed by atoms with van der Waals surface area (Å²) >= 11 is 7.61. The molecule has 1 aliphatic heterocycles. The maximum atomic E-state index is 13.7. The molecule has 0 saturated heterocycles. The zero-order chi connectivity index (χ0) is 25.7. The van der Waals surface area contributed by atoms with Gasteiger partial charge in [0.25, 0.3) is 0 Å². The third-order valence-electron chi connectivity index (χ3n) is 6.19. The first-order valence-corrected chi connectivity index (χ1v) is 13.7. The van der Waals surface area contributed by atoms with Crippen LogP contribution >= 0.6 is 22.9 Å². The van der Waals surface area contributed by atoms with Gasteiger partial charge < -0.3 is 14.8 Å². The summed E-state index contributed by atoms with van der Waals surface area (Å²) < 4.78 is 40.1. The van der Waals surface area contributed by atoms with Gasteiger partial charge in [-0.1, -0.05) is 35.1 Å². The number of amides is 1. The highest BCUT2D eigenvalue weighted by molar-refractivity contribution is 7.84. The molecule has 5 rings (SSSR count). The lowest BCUT2D eigenvalue weighted by molar-refractivity contribution is -0.118. The maximum Gasteiger partial charge on any atom is 0.236 e. The first-order chi connectivity index (χ1) is 17.1. The van der Waals surface area contributed by atoms with Crippen LogP contribution in [0.5, 0.6) is 11.5 Å².